The molecule has 3 aromatic carbocycles. The maximum Gasteiger partial charge on any atom is 0.338 e. The highest BCUT2D eigenvalue weighted by molar-refractivity contribution is 6.34. The molecular formula is C30H21ClN2O6. The average Bonchev–Trinajstić information content (AvgIpc) is 3.53. The highest BCUT2D eigenvalue weighted by atomic mass is 35.5. The number of anilines is 1. The van der Waals surface area contributed by atoms with Gasteiger partial charge in [-0.2, -0.15) is 10.1 Å². The Balaban J connectivity index is 1.29. The predicted molar refractivity (Wildman–Crippen MR) is 147 cm³/mol. The van der Waals surface area contributed by atoms with Crippen LogP contribution in [0.15, 0.2) is 100 Å². The topological polar surface area (TPSA) is 109 Å². The Morgan fingerprint density at radius 2 is 1.77 bits per heavy atom. The standard InChI is InChI=1S/C30H21ClN2O6/c1-18-24(28(34)33(32-18)22-11-13-26(31)25(15-22)29(35)36)16-23-12-14-27(39-23)20-7-9-21(10-8-20)30(37)38-17-19-5-3-2-4-6-19/h2-16H,17H2,1H3,(H,35,36)/b24-16-. The molecule has 0 saturated heterocycles. The Morgan fingerprint density at radius 3 is 2.49 bits per heavy atom. The minimum atomic E-state index is -1.20. The van der Waals surface area contributed by atoms with Gasteiger partial charge in [-0.3, -0.25) is 4.79 Å². The van der Waals surface area contributed by atoms with Crippen LogP contribution in [0.4, 0.5) is 5.69 Å². The summed E-state index contributed by atoms with van der Waals surface area (Å²) in [6.45, 7) is 1.87. The van der Waals surface area contributed by atoms with Crippen molar-refractivity contribution in [1.82, 2.24) is 0 Å². The number of esters is 1. The molecule has 1 N–H and O–H groups in total. The molecular weight excluding hydrogens is 520 g/mol. The number of hydrogen-bond acceptors (Lipinski definition) is 6. The molecule has 0 spiro atoms. The minimum Gasteiger partial charge on any atom is -0.478 e. The number of hydrogen-bond donors (Lipinski definition) is 1. The second kappa shape index (κ2) is 10.8. The molecule has 8 nitrogen and oxygen atoms in total. The van der Waals surface area contributed by atoms with Gasteiger partial charge in [0.25, 0.3) is 5.91 Å². The van der Waals surface area contributed by atoms with E-state index in [4.69, 9.17) is 20.8 Å². The van der Waals surface area contributed by atoms with Crippen LogP contribution in [0.25, 0.3) is 17.4 Å². The van der Waals surface area contributed by atoms with Crippen LogP contribution in [0, 0.1) is 0 Å². The summed E-state index contributed by atoms with van der Waals surface area (Å²) in [6, 6.07) is 24.0. The van der Waals surface area contributed by atoms with Crippen molar-refractivity contribution in [2.24, 2.45) is 5.10 Å². The van der Waals surface area contributed by atoms with E-state index >= 15 is 0 Å². The van der Waals surface area contributed by atoms with Gasteiger partial charge >= 0.3 is 11.9 Å². The fourth-order valence-corrected chi connectivity index (χ4v) is 4.17. The normalized spacial score (nSPS) is 14.0. The lowest BCUT2D eigenvalue weighted by molar-refractivity contribution is -0.114. The van der Waals surface area contributed by atoms with E-state index in [0.29, 0.717) is 28.4 Å². The molecule has 194 valence electrons. The van der Waals surface area contributed by atoms with Crippen LogP contribution in [0.1, 0.15) is 39.0 Å². The largest absolute Gasteiger partial charge is 0.478 e. The first-order chi connectivity index (χ1) is 18.8. The van der Waals surface area contributed by atoms with Crippen LogP contribution >= 0.6 is 11.6 Å². The number of benzene rings is 3. The summed E-state index contributed by atoms with van der Waals surface area (Å²) in [5.41, 5.74) is 2.97. The number of carboxylic acids is 1. The molecule has 0 fully saturated rings. The van der Waals surface area contributed by atoms with Crippen LogP contribution in [0.3, 0.4) is 0 Å². The first kappa shape index (κ1) is 25.7. The molecule has 1 aliphatic heterocycles. The average molecular weight is 541 g/mol. The Labute approximate surface area is 228 Å². The molecule has 1 aromatic heterocycles. The van der Waals surface area contributed by atoms with Gasteiger partial charge in [0.1, 0.15) is 18.1 Å². The van der Waals surface area contributed by atoms with Gasteiger partial charge in [-0.05, 0) is 61.0 Å². The highest BCUT2D eigenvalue weighted by Gasteiger charge is 2.30. The van der Waals surface area contributed by atoms with E-state index < -0.39 is 17.8 Å². The molecule has 0 aliphatic carbocycles. The number of carbonyl (C=O) groups is 3. The molecule has 0 radical (unpaired) electrons. The number of nitrogens with zero attached hydrogens (tertiary/aromatic N) is 2. The van der Waals surface area contributed by atoms with Crippen molar-refractivity contribution in [3.05, 3.63) is 118 Å². The van der Waals surface area contributed by atoms with Crippen molar-refractivity contribution in [1.29, 1.82) is 0 Å². The molecule has 4 aromatic rings. The van der Waals surface area contributed by atoms with Gasteiger partial charge in [-0.1, -0.05) is 54.1 Å². The van der Waals surface area contributed by atoms with E-state index in [-0.39, 0.29) is 22.9 Å². The van der Waals surface area contributed by atoms with Gasteiger partial charge in [0, 0.05) is 5.56 Å². The lowest BCUT2D eigenvalue weighted by atomic mass is 10.1. The Kier molecular flexibility index (Phi) is 7.12. The number of rotatable bonds is 7. The van der Waals surface area contributed by atoms with Crippen LogP contribution in [0.5, 0.6) is 0 Å². The zero-order valence-corrected chi connectivity index (χ0v) is 21.4. The second-order valence-corrected chi connectivity index (χ2v) is 9.08. The lowest BCUT2D eigenvalue weighted by Crippen LogP contribution is -2.21. The third-order valence-corrected chi connectivity index (χ3v) is 6.35. The van der Waals surface area contributed by atoms with Crippen molar-refractivity contribution < 1.29 is 28.6 Å². The molecule has 9 heteroatoms. The molecule has 0 unspecified atom stereocenters. The quantitative estimate of drug-likeness (QED) is 0.213. The van der Waals surface area contributed by atoms with Crippen molar-refractivity contribution in [2.45, 2.75) is 13.5 Å². The molecule has 1 aliphatic rings. The molecule has 0 saturated carbocycles. The van der Waals surface area contributed by atoms with Gasteiger partial charge in [0.15, 0.2) is 0 Å². The summed E-state index contributed by atoms with van der Waals surface area (Å²) in [5, 5.41) is 14.8. The summed E-state index contributed by atoms with van der Waals surface area (Å²) in [4.78, 5) is 36.9. The van der Waals surface area contributed by atoms with E-state index in [2.05, 4.69) is 5.10 Å². The smallest absolute Gasteiger partial charge is 0.338 e. The van der Waals surface area contributed by atoms with Crippen LogP contribution < -0.4 is 5.01 Å². The fraction of sp³-hybridized carbons (Fsp3) is 0.0667. The number of aromatic carboxylic acids is 1. The van der Waals surface area contributed by atoms with Crippen molar-refractivity contribution >= 4 is 46.9 Å². The lowest BCUT2D eigenvalue weighted by Gasteiger charge is -2.12. The number of carboxylic acid groups (broad SMARTS) is 1. The van der Waals surface area contributed by atoms with Crippen molar-refractivity contribution in [3.8, 4) is 11.3 Å². The maximum absolute atomic E-state index is 13.1. The number of halogens is 1. The summed E-state index contributed by atoms with van der Waals surface area (Å²) >= 11 is 5.95. The Bertz CT molecular complexity index is 1640. The predicted octanol–water partition coefficient (Wildman–Crippen LogP) is 6.46. The van der Waals surface area contributed by atoms with Gasteiger partial charge in [-0.15, -0.1) is 0 Å². The fourth-order valence-electron chi connectivity index (χ4n) is 3.97. The van der Waals surface area contributed by atoms with Crippen molar-refractivity contribution in [2.75, 3.05) is 5.01 Å². The van der Waals surface area contributed by atoms with Gasteiger partial charge < -0.3 is 14.3 Å². The summed E-state index contributed by atoms with van der Waals surface area (Å²) in [7, 11) is 0. The zero-order valence-electron chi connectivity index (χ0n) is 20.6. The van der Waals surface area contributed by atoms with Crippen molar-refractivity contribution in [3.63, 3.8) is 0 Å². The van der Waals surface area contributed by atoms with E-state index in [0.717, 1.165) is 16.1 Å². The number of hydrazone groups is 1. The van der Waals surface area contributed by atoms with Crippen LogP contribution in [-0.4, -0.2) is 28.7 Å². The molecule has 2 heterocycles. The van der Waals surface area contributed by atoms with Crippen LogP contribution in [0.2, 0.25) is 5.02 Å². The molecule has 0 atom stereocenters. The molecule has 5 rings (SSSR count). The third-order valence-electron chi connectivity index (χ3n) is 6.02. The Morgan fingerprint density at radius 1 is 1.03 bits per heavy atom. The SMILES string of the molecule is CC1=NN(c2ccc(Cl)c(C(=O)O)c2)C(=O)/C1=C\c1ccc(-c2ccc(C(=O)OCc3ccccc3)cc2)o1. The van der Waals surface area contributed by atoms with E-state index in [9.17, 15) is 19.5 Å². The van der Waals surface area contributed by atoms with E-state index in [1.807, 2.05) is 30.3 Å². The Hall–Kier alpha value is -4.95. The number of amides is 1. The highest BCUT2D eigenvalue weighted by Crippen LogP contribution is 2.30. The zero-order chi connectivity index (χ0) is 27.5. The van der Waals surface area contributed by atoms with Crippen LogP contribution in [-0.2, 0) is 16.1 Å². The monoisotopic (exact) mass is 540 g/mol. The second-order valence-electron chi connectivity index (χ2n) is 8.67. The minimum absolute atomic E-state index is 0.0644. The molecule has 0 bridgehead atoms. The summed E-state index contributed by atoms with van der Waals surface area (Å²) < 4.78 is 11.3. The number of furan rings is 1. The number of carbonyl (C=O) groups excluding carboxylic acids is 2. The van der Waals surface area contributed by atoms with Gasteiger partial charge in [0.2, 0.25) is 0 Å². The van der Waals surface area contributed by atoms with E-state index in [1.54, 1.807) is 49.4 Å². The third kappa shape index (κ3) is 5.51. The molecule has 39 heavy (non-hydrogen) atoms. The molecule has 1 amide bonds. The van der Waals surface area contributed by atoms with E-state index in [1.165, 1.54) is 18.2 Å². The maximum atomic E-state index is 13.1. The first-order valence-corrected chi connectivity index (χ1v) is 12.2. The summed E-state index contributed by atoms with van der Waals surface area (Å²) in [5.74, 6) is -1.08. The van der Waals surface area contributed by atoms with Gasteiger partial charge in [0.05, 0.1) is 33.1 Å². The summed E-state index contributed by atoms with van der Waals surface area (Å²) in [6.07, 6.45) is 1.58. The number of ether oxygens (including phenoxy) is 1. The van der Waals surface area contributed by atoms with Gasteiger partial charge in [-0.25, -0.2) is 9.59 Å². The first-order valence-electron chi connectivity index (χ1n) is 11.9.